The molecule has 0 aliphatic carbocycles. The standard InChI is InChI=1S/2ClO3.2H2O.U/c2*2-1(3)4;;;/h;;2*1H2;. The maximum atomic E-state index is 8.41. The van der Waals surface area contributed by atoms with E-state index in [1.165, 1.54) is 0 Å². The van der Waals surface area contributed by atoms with Crippen LogP contribution in [-0.2, 0) is 9.32 Å². The van der Waals surface area contributed by atoms with Crippen LogP contribution in [0.25, 0.3) is 0 Å². The maximum absolute atomic E-state index is 8.41. The molecule has 2 radical (unpaired) electrons. The second-order valence-corrected chi connectivity index (χ2v) is 1.13. The van der Waals surface area contributed by atoms with Crippen molar-refractivity contribution in [3.8, 4) is 0 Å². The molecule has 8 nitrogen and oxygen atoms in total. The third kappa shape index (κ3) is 570. The Balaban J connectivity index is -0.0000000171. The molecule has 11 heavy (non-hydrogen) atoms. The Hall–Kier alpha value is 1.31. The van der Waals surface area contributed by atoms with E-state index in [0.717, 1.165) is 0 Å². The van der Waals surface area contributed by atoms with Crippen molar-refractivity contribution < 1.29 is 91.6 Å². The summed E-state index contributed by atoms with van der Waals surface area (Å²) in [6.45, 7) is 0. The van der Waals surface area contributed by atoms with E-state index in [1.54, 1.807) is 0 Å². The van der Waals surface area contributed by atoms with Crippen molar-refractivity contribution in [3.05, 3.63) is 0 Å². The van der Waals surface area contributed by atoms with Gasteiger partial charge in [0, 0.05) is 31.1 Å². The molecule has 0 saturated heterocycles. The smallest absolute Gasteiger partial charge is 0.339 e. The zero-order chi connectivity index (χ0) is 7.15. The summed E-state index contributed by atoms with van der Waals surface area (Å²) >= 11 is 0. The van der Waals surface area contributed by atoms with Crippen LogP contribution in [0.2, 0.25) is 0 Å². The van der Waals surface area contributed by atoms with Crippen LogP contribution in [0.1, 0.15) is 0 Å². The average Bonchev–Trinajstić information content (AvgIpc) is 1.25. The zero-order valence-corrected chi connectivity index (χ0v) is 10.4. The fourth-order valence-corrected chi connectivity index (χ4v) is 0. The largest absolute Gasteiger partial charge is 0.412 e. The molecule has 0 heterocycles. The van der Waals surface area contributed by atoms with Gasteiger partial charge < -0.3 is 29.6 Å². The molecule has 0 aromatic heterocycles. The van der Waals surface area contributed by atoms with Crippen molar-refractivity contribution in [1.29, 1.82) is 0 Å². The van der Waals surface area contributed by atoms with Crippen LogP contribution in [0.5, 0.6) is 0 Å². The summed E-state index contributed by atoms with van der Waals surface area (Å²) in [7, 11) is -5.70. The van der Waals surface area contributed by atoms with E-state index >= 15 is 0 Å². The third-order valence-corrected chi connectivity index (χ3v) is 0. The van der Waals surface area contributed by atoms with Crippen LogP contribution in [0.15, 0.2) is 0 Å². The van der Waals surface area contributed by atoms with E-state index < -0.39 is 21.6 Å². The van der Waals surface area contributed by atoms with Crippen molar-refractivity contribution >= 4 is 0 Å². The normalized spacial score (nSPS) is 6.55. The molecule has 0 amide bonds. The Morgan fingerprint density at radius 2 is 0.727 bits per heavy atom. The van der Waals surface area contributed by atoms with E-state index in [9.17, 15) is 0 Å². The molecule has 0 aliphatic rings. The summed E-state index contributed by atoms with van der Waals surface area (Å²) in [6.07, 6.45) is 0. The van der Waals surface area contributed by atoms with Crippen molar-refractivity contribution in [2.45, 2.75) is 0 Å². The van der Waals surface area contributed by atoms with Crippen molar-refractivity contribution in [2.75, 3.05) is 0 Å². The van der Waals surface area contributed by atoms with Gasteiger partial charge in [-0.15, -0.1) is 0 Å². The van der Waals surface area contributed by atoms with Gasteiger partial charge in [0.05, 0.1) is 0 Å². The van der Waals surface area contributed by atoms with Gasteiger partial charge in [-0.2, -0.15) is 0 Å². The summed E-state index contributed by atoms with van der Waals surface area (Å²) in [5, 5.41) is 0. The molecule has 0 aromatic carbocycles. The van der Waals surface area contributed by atoms with Crippen LogP contribution >= 0.6 is 0 Å². The number of hydrogen-bond acceptors (Lipinski definition) is 4. The Morgan fingerprint density at radius 3 is 0.727 bits per heavy atom. The first-order valence-corrected chi connectivity index (χ1v) is 2.78. The van der Waals surface area contributed by atoms with Crippen molar-refractivity contribution in [3.63, 3.8) is 0 Å². The zero-order valence-electron chi connectivity index (χ0n) is 4.71. The van der Waals surface area contributed by atoms with Crippen LogP contribution in [0.3, 0.4) is 0 Å². The molecule has 0 unspecified atom stereocenters. The fourth-order valence-electron chi connectivity index (χ4n) is 0. The summed E-state index contributed by atoms with van der Waals surface area (Å²) in [4.78, 5) is 0. The van der Waals surface area contributed by atoms with Gasteiger partial charge in [0.25, 0.3) is 9.32 Å². The minimum absolute atomic E-state index is 0. The van der Waals surface area contributed by atoms with Gasteiger partial charge in [0.1, 0.15) is 0 Å². The van der Waals surface area contributed by atoms with Gasteiger partial charge in [-0.25, -0.2) is 0 Å². The molecule has 0 spiro atoms. The molecule has 0 rings (SSSR count). The second kappa shape index (κ2) is 22.5. The summed E-state index contributed by atoms with van der Waals surface area (Å²) in [6, 6.07) is 0. The fraction of sp³-hybridized carbons (Fsp3) is 0. The molecule has 70 valence electrons. The molecule has 0 fully saturated rings. The average molecular weight is 441 g/mol. The Kier molecular flexibility index (Phi) is 60.3. The second-order valence-electron chi connectivity index (χ2n) is 0.378. The predicted molar refractivity (Wildman–Crippen MR) is 8.60 cm³/mol. The number of hydrogen-bond donors (Lipinski definition) is 0. The van der Waals surface area contributed by atoms with E-state index in [-0.39, 0.29) is 42.1 Å². The predicted octanol–water partition coefficient (Wildman–Crippen LogP) is -6.64. The van der Waals surface area contributed by atoms with Crippen LogP contribution in [0.4, 0.5) is 0 Å². The molecular formula is H4Cl2O8U. The Labute approximate surface area is 91.3 Å². The molecule has 4 N–H and O–H groups in total. The minimum Gasteiger partial charge on any atom is -0.412 e. The summed E-state index contributed by atoms with van der Waals surface area (Å²) in [5.41, 5.74) is 0. The monoisotopic (exact) mass is 440 g/mol. The van der Waals surface area contributed by atoms with Gasteiger partial charge in [0.2, 0.25) is 0 Å². The van der Waals surface area contributed by atoms with Gasteiger partial charge >= 0.3 is 21.6 Å². The van der Waals surface area contributed by atoms with Crippen LogP contribution in [0, 0.1) is 52.7 Å². The van der Waals surface area contributed by atoms with Gasteiger partial charge in [0.15, 0.2) is 0 Å². The Bertz CT molecular complexity index is 27.6. The first kappa shape index (κ1) is 29.5. The first-order valence-electron chi connectivity index (χ1n) is 0.926. The summed E-state index contributed by atoms with van der Waals surface area (Å²) < 4.78 is 50.4. The SMILES string of the molecule is O.O.[O][Cl+2]([O-])[O-].[O][Cl+2]([O-])[O-].[U]. The van der Waals surface area contributed by atoms with E-state index in [0.29, 0.717) is 0 Å². The van der Waals surface area contributed by atoms with Gasteiger partial charge in [-0.1, -0.05) is 0 Å². The topological polar surface area (TPSA) is 195 Å². The first-order chi connectivity index (χ1) is 3.46. The quantitative estimate of drug-likeness (QED) is 0.361. The van der Waals surface area contributed by atoms with Crippen molar-refractivity contribution in [2.24, 2.45) is 0 Å². The van der Waals surface area contributed by atoms with E-state index in [2.05, 4.69) is 0 Å². The molecular weight excluding hydrogens is 437 g/mol. The minimum atomic E-state index is -2.85. The number of rotatable bonds is 0. The molecule has 0 aromatic rings. The van der Waals surface area contributed by atoms with Crippen LogP contribution in [-0.4, -0.2) is 11.0 Å². The molecule has 0 bridgehead atoms. The Morgan fingerprint density at radius 1 is 0.727 bits per heavy atom. The molecule has 11 heteroatoms. The molecule has 0 atom stereocenters. The van der Waals surface area contributed by atoms with E-state index in [1.807, 2.05) is 0 Å². The molecule has 0 aliphatic heterocycles. The van der Waals surface area contributed by atoms with Crippen molar-refractivity contribution in [1.82, 2.24) is 0 Å². The molecule has 0 saturated carbocycles. The third-order valence-electron chi connectivity index (χ3n) is 0. The van der Waals surface area contributed by atoms with E-state index in [4.69, 9.17) is 28.0 Å². The van der Waals surface area contributed by atoms with Crippen LogP contribution < -0.4 is 18.6 Å². The summed E-state index contributed by atoms with van der Waals surface area (Å²) in [5.74, 6) is 0. The van der Waals surface area contributed by atoms with Gasteiger partial charge in [-0.3, -0.25) is 0 Å². The van der Waals surface area contributed by atoms with Gasteiger partial charge in [-0.05, 0) is 0 Å². The maximum Gasteiger partial charge on any atom is 0.339 e. The number of halogens is 2.